The van der Waals surface area contributed by atoms with Crippen LogP contribution >= 0.6 is 0 Å². The molecular weight excluding hydrogens is 404 g/mol. The van der Waals surface area contributed by atoms with Crippen LogP contribution in [-0.2, 0) is 6.42 Å². The maximum absolute atomic E-state index is 5.52. The maximum atomic E-state index is 5.52. The number of rotatable bonds is 6. The summed E-state index contributed by atoms with van der Waals surface area (Å²) in [5.74, 6) is 2.21. The second-order valence-electron chi connectivity index (χ2n) is 7.33. The molecule has 0 aliphatic carbocycles. The molecule has 0 atom stereocenters. The van der Waals surface area contributed by atoms with Crippen LogP contribution in [0.2, 0.25) is 0 Å². The number of hydrogen-bond donors (Lipinski definition) is 0. The van der Waals surface area contributed by atoms with Crippen molar-refractivity contribution in [2.75, 3.05) is 21.3 Å². The highest BCUT2D eigenvalue weighted by Crippen LogP contribution is 2.41. The van der Waals surface area contributed by atoms with Gasteiger partial charge in [0.15, 0.2) is 23.0 Å². The van der Waals surface area contributed by atoms with Gasteiger partial charge < -0.3 is 14.2 Å². The van der Waals surface area contributed by atoms with Gasteiger partial charge in [0, 0.05) is 22.8 Å². The molecule has 0 N–H and O–H groups in total. The molecule has 160 valence electrons. The highest BCUT2D eigenvalue weighted by Gasteiger charge is 2.20. The second-order valence-corrected chi connectivity index (χ2v) is 7.33. The lowest BCUT2D eigenvalue weighted by atomic mass is 10.0. The van der Waals surface area contributed by atoms with E-state index in [9.17, 15) is 0 Å². The number of nitrogens with zero attached hydrogens (tertiary/aromatic N) is 4. The molecule has 2 aromatic heterocycles. The molecule has 3 aromatic carbocycles. The van der Waals surface area contributed by atoms with E-state index in [0.717, 1.165) is 22.0 Å². The van der Waals surface area contributed by atoms with Crippen molar-refractivity contribution in [3.05, 3.63) is 78.0 Å². The minimum atomic E-state index is 0.524. The molecule has 5 rings (SSSR count). The van der Waals surface area contributed by atoms with E-state index in [0.29, 0.717) is 35.1 Å². The summed E-state index contributed by atoms with van der Waals surface area (Å²) in [5.41, 5.74) is 3.60. The monoisotopic (exact) mass is 426 g/mol. The van der Waals surface area contributed by atoms with Gasteiger partial charge in [-0.05, 0) is 17.7 Å². The molecule has 32 heavy (non-hydrogen) atoms. The predicted octanol–water partition coefficient (Wildman–Crippen LogP) is 4.56. The third-order valence-electron chi connectivity index (χ3n) is 5.48. The Kier molecular flexibility index (Phi) is 5.07. The zero-order valence-corrected chi connectivity index (χ0v) is 18.1. The first-order valence-electron chi connectivity index (χ1n) is 10.2. The molecule has 7 nitrogen and oxygen atoms in total. The van der Waals surface area contributed by atoms with Crippen molar-refractivity contribution >= 4 is 16.4 Å². The van der Waals surface area contributed by atoms with Crippen LogP contribution in [0.1, 0.15) is 11.3 Å². The summed E-state index contributed by atoms with van der Waals surface area (Å²) in [6.45, 7) is 0. The van der Waals surface area contributed by atoms with Crippen LogP contribution in [0.25, 0.3) is 27.8 Å². The van der Waals surface area contributed by atoms with Crippen molar-refractivity contribution in [2.45, 2.75) is 6.42 Å². The van der Waals surface area contributed by atoms with Crippen LogP contribution in [0, 0.1) is 0 Å². The Balaban J connectivity index is 1.74. The normalized spacial score (nSPS) is 11.1. The van der Waals surface area contributed by atoms with Crippen molar-refractivity contribution in [3.8, 4) is 28.6 Å². The molecule has 0 spiro atoms. The minimum absolute atomic E-state index is 0.524. The number of ether oxygens (including phenoxy) is 3. The third-order valence-corrected chi connectivity index (χ3v) is 5.48. The molecule has 7 heteroatoms. The van der Waals surface area contributed by atoms with Gasteiger partial charge in [0.1, 0.15) is 0 Å². The lowest BCUT2D eigenvalue weighted by molar-refractivity contribution is 0.324. The van der Waals surface area contributed by atoms with Gasteiger partial charge in [-0.2, -0.15) is 9.61 Å². The third kappa shape index (κ3) is 3.28. The summed E-state index contributed by atoms with van der Waals surface area (Å²) in [6.07, 6.45) is 0.699. The van der Waals surface area contributed by atoms with Gasteiger partial charge in [0.25, 0.3) is 0 Å². The molecule has 0 saturated carbocycles. The molecule has 0 aliphatic rings. The van der Waals surface area contributed by atoms with E-state index >= 15 is 0 Å². The van der Waals surface area contributed by atoms with E-state index in [-0.39, 0.29) is 0 Å². The number of methoxy groups -OCH3 is 3. The molecular formula is C25H22N4O3. The fourth-order valence-corrected chi connectivity index (χ4v) is 3.96. The predicted molar refractivity (Wildman–Crippen MR) is 123 cm³/mol. The van der Waals surface area contributed by atoms with Crippen LogP contribution in [0.15, 0.2) is 66.7 Å². The van der Waals surface area contributed by atoms with E-state index in [1.807, 2.05) is 42.5 Å². The van der Waals surface area contributed by atoms with Crippen molar-refractivity contribution in [1.29, 1.82) is 0 Å². The summed E-state index contributed by atoms with van der Waals surface area (Å²) in [6, 6.07) is 22.2. The SMILES string of the molecule is COc1cc(-c2nnc3c4ccccc4c(Cc4ccccc4)nn23)cc(OC)c1OC. The fraction of sp³-hybridized carbons (Fsp3) is 0.160. The molecule has 0 radical (unpaired) electrons. The highest BCUT2D eigenvalue weighted by molar-refractivity contribution is 5.95. The second kappa shape index (κ2) is 8.19. The summed E-state index contributed by atoms with van der Waals surface area (Å²) in [5, 5.41) is 16.0. The van der Waals surface area contributed by atoms with Gasteiger partial charge in [-0.1, -0.05) is 54.6 Å². The Hall–Kier alpha value is -4.13. The van der Waals surface area contributed by atoms with Crippen LogP contribution in [0.5, 0.6) is 17.2 Å². The summed E-state index contributed by atoms with van der Waals surface area (Å²) < 4.78 is 18.3. The molecule has 0 unspecified atom stereocenters. The van der Waals surface area contributed by atoms with E-state index < -0.39 is 0 Å². The largest absolute Gasteiger partial charge is 0.493 e. The first-order chi connectivity index (χ1) is 15.7. The number of hydrogen-bond acceptors (Lipinski definition) is 6. The van der Waals surface area contributed by atoms with E-state index in [1.54, 1.807) is 25.8 Å². The molecule has 0 aliphatic heterocycles. The Bertz CT molecular complexity index is 1390. The molecule has 2 heterocycles. The van der Waals surface area contributed by atoms with Crippen molar-refractivity contribution in [1.82, 2.24) is 19.8 Å². The molecule has 0 bridgehead atoms. The number of aromatic nitrogens is 4. The van der Waals surface area contributed by atoms with E-state index in [4.69, 9.17) is 19.3 Å². The minimum Gasteiger partial charge on any atom is -0.493 e. The first kappa shape index (κ1) is 19.8. The van der Waals surface area contributed by atoms with Crippen LogP contribution < -0.4 is 14.2 Å². The van der Waals surface area contributed by atoms with Crippen LogP contribution in [0.3, 0.4) is 0 Å². The van der Waals surface area contributed by atoms with Gasteiger partial charge in [-0.3, -0.25) is 0 Å². The van der Waals surface area contributed by atoms with E-state index in [1.165, 1.54) is 5.56 Å². The van der Waals surface area contributed by atoms with Crippen LogP contribution in [-0.4, -0.2) is 41.1 Å². The van der Waals surface area contributed by atoms with Gasteiger partial charge in [0.2, 0.25) is 5.75 Å². The number of fused-ring (bicyclic) bond motifs is 3. The van der Waals surface area contributed by atoms with Gasteiger partial charge in [-0.25, -0.2) is 0 Å². The van der Waals surface area contributed by atoms with Crippen molar-refractivity contribution in [3.63, 3.8) is 0 Å². The van der Waals surface area contributed by atoms with Crippen molar-refractivity contribution < 1.29 is 14.2 Å². The zero-order chi connectivity index (χ0) is 22.1. The van der Waals surface area contributed by atoms with Crippen LogP contribution in [0.4, 0.5) is 0 Å². The summed E-state index contributed by atoms with van der Waals surface area (Å²) in [4.78, 5) is 0. The number of benzene rings is 3. The highest BCUT2D eigenvalue weighted by atomic mass is 16.5. The Morgan fingerprint density at radius 1 is 0.750 bits per heavy atom. The molecule has 5 aromatic rings. The average molecular weight is 426 g/mol. The maximum Gasteiger partial charge on any atom is 0.203 e. The van der Waals surface area contributed by atoms with Gasteiger partial charge in [-0.15, -0.1) is 10.2 Å². The molecule has 0 amide bonds. The topological polar surface area (TPSA) is 70.8 Å². The smallest absolute Gasteiger partial charge is 0.203 e. The Morgan fingerprint density at radius 3 is 2.06 bits per heavy atom. The van der Waals surface area contributed by atoms with E-state index in [2.05, 4.69) is 34.5 Å². The summed E-state index contributed by atoms with van der Waals surface area (Å²) >= 11 is 0. The summed E-state index contributed by atoms with van der Waals surface area (Å²) in [7, 11) is 4.76. The lowest BCUT2D eigenvalue weighted by Gasteiger charge is -2.14. The Morgan fingerprint density at radius 2 is 1.41 bits per heavy atom. The standard InChI is InChI=1S/C25H22N4O3/c1-30-21-14-17(15-22(31-2)23(21)32-3)24-26-27-25-19-12-8-7-11-18(19)20(28-29(24)25)13-16-9-5-4-6-10-16/h4-12,14-15H,13H2,1-3H3. The Labute approximate surface area is 185 Å². The quantitative estimate of drug-likeness (QED) is 0.396. The average Bonchev–Trinajstić information content (AvgIpc) is 3.28. The zero-order valence-electron chi connectivity index (χ0n) is 18.1. The molecule has 0 saturated heterocycles. The first-order valence-corrected chi connectivity index (χ1v) is 10.2. The molecule has 0 fully saturated rings. The fourth-order valence-electron chi connectivity index (χ4n) is 3.96. The lowest BCUT2D eigenvalue weighted by Crippen LogP contribution is -2.03. The van der Waals surface area contributed by atoms with Crippen molar-refractivity contribution in [2.24, 2.45) is 0 Å². The van der Waals surface area contributed by atoms with Gasteiger partial charge >= 0.3 is 0 Å². The van der Waals surface area contributed by atoms with Gasteiger partial charge in [0.05, 0.1) is 27.0 Å².